The number of nitrogens with zero attached hydrogens (tertiary/aromatic N) is 1. The predicted molar refractivity (Wildman–Crippen MR) is 69.1 cm³/mol. The zero-order chi connectivity index (χ0) is 11.8. The third-order valence-electron chi connectivity index (χ3n) is 3.33. The summed E-state index contributed by atoms with van der Waals surface area (Å²) in [6.45, 7) is 5.22. The van der Waals surface area contributed by atoms with Crippen molar-refractivity contribution < 1.29 is 0 Å². The average Bonchev–Trinajstić information content (AvgIpc) is 2.34. The van der Waals surface area contributed by atoms with Crippen molar-refractivity contribution in [3.8, 4) is 0 Å². The van der Waals surface area contributed by atoms with Crippen LogP contribution in [0.4, 0.5) is 0 Å². The van der Waals surface area contributed by atoms with Crippen molar-refractivity contribution in [2.24, 2.45) is 16.8 Å². The highest BCUT2D eigenvalue weighted by Gasteiger charge is 2.21. The summed E-state index contributed by atoms with van der Waals surface area (Å²) in [6.07, 6.45) is 7.53. The Morgan fingerprint density at radius 1 is 1.38 bits per heavy atom. The first kappa shape index (κ1) is 13.3. The Kier molecular flexibility index (Phi) is 6.23. The highest BCUT2D eigenvalue weighted by molar-refractivity contribution is 5.79. The molecule has 4 N–H and O–H groups in total. The molecule has 0 aliphatic heterocycles. The summed E-state index contributed by atoms with van der Waals surface area (Å²) in [5.74, 6) is 7.08. The lowest BCUT2D eigenvalue weighted by Crippen LogP contribution is -2.47. The molecule has 0 aromatic rings. The third-order valence-corrected chi connectivity index (χ3v) is 3.33. The molecule has 2 unspecified atom stereocenters. The van der Waals surface area contributed by atoms with Gasteiger partial charge >= 0.3 is 0 Å². The molecule has 0 spiro atoms. The van der Waals surface area contributed by atoms with Crippen molar-refractivity contribution in [1.82, 2.24) is 10.7 Å². The van der Waals surface area contributed by atoms with Crippen LogP contribution in [0, 0.1) is 5.92 Å². The molecule has 94 valence electrons. The summed E-state index contributed by atoms with van der Waals surface area (Å²) in [4.78, 5) is 4.38. The van der Waals surface area contributed by atoms with Gasteiger partial charge in [-0.25, -0.2) is 5.84 Å². The number of rotatable bonds is 4. The molecule has 16 heavy (non-hydrogen) atoms. The van der Waals surface area contributed by atoms with E-state index >= 15 is 0 Å². The van der Waals surface area contributed by atoms with Crippen molar-refractivity contribution >= 4 is 5.96 Å². The number of aliphatic imine (C=N–C) groups is 1. The van der Waals surface area contributed by atoms with E-state index in [1.807, 2.05) is 0 Å². The monoisotopic (exact) mass is 226 g/mol. The minimum Gasteiger partial charge on any atom is -0.353 e. The molecule has 1 fully saturated rings. The zero-order valence-corrected chi connectivity index (χ0v) is 10.6. The molecule has 0 heterocycles. The molecule has 0 amide bonds. The summed E-state index contributed by atoms with van der Waals surface area (Å²) in [5, 5.41) is 3.42. The maximum atomic E-state index is 5.45. The smallest absolute Gasteiger partial charge is 0.205 e. The van der Waals surface area contributed by atoms with Gasteiger partial charge in [-0.1, -0.05) is 33.1 Å². The number of nitrogens with two attached hydrogens (primary N) is 1. The Labute approximate surface area is 99.1 Å². The number of nitrogens with one attached hydrogen (secondary N) is 2. The normalized spacial score (nSPS) is 26.6. The van der Waals surface area contributed by atoms with Gasteiger partial charge in [0.05, 0.1) is 0 Å². The van der Waals surface area contributed by atoms with Gasteiger partial charge in [-0.15, -0.1) is 0 Å². The highest BCUT2D eigenvalue weighted by atomic mass is 15.3. The fourth-order valence-corrected chi connectivity index (χ4v) is 2.34. The number of hydrazine groups is 1. The molecule has 1 saturated carbocycles. The van der Waals surface area contributed by atoms with Crippen LogP contribution >= 0.6 is 0 Å². The molecule has 0 aromatic heterocycles. The van der Waals surface area contributed by atoms with Crippen LogP contribution in [-0.2, 0) is 0 Å². The molecule has 1 aliphatic carbocycles. The van der Waals surface area contributed by atoms with Crippen LogP contribution in [0.25, 0.3) is 0 Å². The van der Waals surface area contributed by atoms with Crippen molar-refractivity contribution in [2.75, 3.05) is 6.54 Å². The van der Waals surface area contributed by atoms with Crippen molar-refractivity contribution in [2.45, 2.75) is 58.4 Å². The first-order valence-corrected chi connectivity index (χ1v) is 6.57. The quantitative estimate of drug-likeness (QED) is 0.296. The van der Waals surface area contributed by atoms with Crippen LogP contribution in [0.15, 0.2) is 4.99 Å². The van der Waals surface area contributed by atoms with E-state index < -0.39 is 0 Å². The Bertz CT molecular complexity index is 215. The van der Waals surface area contributed by atoms with Gasteiger partial charge in [0, 0.05) is 12.6 Å². The van der Waals surface area contributed by atoms with E-state index in [0.717, 1.165) is 24.8 Å². The second-order valence-corrected chi connectivity index (χ2v) is 4.66. The molecule has 0 aromatic carbocycles. The second kappa shape index (κ2) is 7.49. The lowest BCUT2D eigenvalue weighted by atomic mass is 9.84. The molecule has 0 radical (unpaired) electrons. The Morgan fingerprint density at radius 3 is 2.81 bits per heavy atom. The van der Waals surface area contributed by atoms with Crippen LogP contribution in [0.3, 0.4) is 0 Å². The first-order valence-electron chi connectivity index (χ1n) is 6.57. The zero-order valence-electron chi connectivity index (χ0n) is 10.6. The highest BCUT2D eigenvalue weighted by Crippen LogP contribution is 2.26. The summed E-state index contributed by atoms with van der Waals surface area (Å²) < 4.78 is 0. The van der Waals surface area contributed by atoms with Crippen molar-refractivity contribution in [3.05, 3.63) is 0 Å². The third kappa shape index (κ3) is 4.39. The van der Waals surface area contributed by atoms with Gasteiger partial charge in [0.2, 0.25) is 5.96 Å². The van der Waals surface area contributed by atoms with Gasteiger partial charge in [0.25, 0.3) is 0 Å². The van der Waals surface area contributed by atoms with Crippen LogP contribution in [0.1, 0.15) is 52.4 Å². The first-order chi connectivity index (χ1) is 7.80. The van der Waals surface area contributed by atoms with Gasteiger partial charge in [-0.2, -0.15) is 0 Å². The fourth-order valence-electron chi connectivity index (χ4n) is 2.34. The average molecular weight is 226 g/mol. The van der Waals surface area contributed by atoms with Crippen LogP contribution in [-0.4, -0.2) is 18.5 Å². The van der Waals surface area contributed by atoms with Gasteiger partial charge in [0.15, 0.2) is 0 Å². The van der Waals surface area contributed by atoms with E-state index in [9.17, 15) is 0 Å². The molecule has 4 nitrogen and oxygen atoms in total. The molecular formula is C12H26N4. The molecule has 0 bridgehead atoms. The minimum atomic E-state index is 0.547. The van der Waals surface area contributed by atoms with Gasteiger partial charge in [-0.3, -0.25) is 10.4 Å². The second-order valence-electron chi connectivity index (χ2n) is 4.66. The van der Waals surface area contributed by atoms with Gasteiger partial charge in [0.1, 0.15) is 0 Å². The Morgan fingerprint density at radius 2 is 2.19 bits per heavy atom. The van der Waals surface area contributed by atoms with Crippen molar-refractivity contribution in [3.63, 3.8) is 0 Å². The number of guanidine groups is 1. The van der Waals surface area contributed by atoms with Crippen LogP contribution in [0.5, 0.6) is 0 Å². The molecule has 1 rings (SSSR count). The Balaban J connectivity index is 2.38. The van der Waals surface area contributed by atoms with E-state index in [4.69, 9.17) is 5.84 Å². The predicted octanol–water partition coefficient (Wildman–Crippen LogP) is 1.77. The Hall–Kier alpha value is -0.770. The fraction of sp³-hybridized carbons (Fsp3) is 0.917. The molecule has 1 aliphatic rings. The standard InChI is InChI=1S/C12H26N4/c1-3-8-14-12(16-13)15-11-7-5-6-10(4-2)9-11/h10-11H,3-9,13H2,1-2H3,(H2,14,15,16). The largest absolute Gasteiger partial charge is 0.353 e. The lowest BCUT2D eigenvalue weighted by molar-refractivity contribution is 0.298. The van der Waals surface area contributed by atoms with E-state index in [1.54, 1.807) is 0 Å². The summed E-state index contributed by atoms with van der Waals surface area (Å²) in [7, 11) is 0. The molecular weight excluding hydrogens is 200 g/mol. The van der Waals surface area contributed by atoms with E-state index in [2.05, 4.69) is 29.6 Å². The number of hydrogen-bond donors (Lipinski definition) is 3. The summed E-state index contributed by atoms with van der Waals surface area (Å²) in [5.41, 5.74) is 2.66. The minimum absolute atomic E-state index is 0.547. The van der Waals surface area contributed by atoms with E-state index in [1.165, 1.54) is 32.1 Å². The topological polar surface area (TPSA) is 62.4 Å². The summed E-state index contributed by atoms with van der Waals surface area (Å²) >= 11 is 0. The SMILES string of the molecule is CCCN=C(NN)NC1CCCC(CC)C1. The van der Waals surface area contributed by atoms with Gasteiger partial charge < -0.3 is 5.32 Å². The molecule has 4 heteroatoms. The molecule has 2 atom stereocenters. The van der Waals surface area contributed by atoms with Gasteiger partial charge in [-0.05, 0) is 25.2 Å². The van der Waals surface area contributed by atoms with Crippen molar-refractivity contribution in [1.29, 1.82) is 0 Å². The summed E-state index contributed by atoms with van der Waals surface area (Å²) in [6, 6.07) is 0.547. The van der Waals surface area contributed by atoms with Crippen LogP contribution in [0.2, 0.25) is 0 Å². The number of hydrogen-bond acceptors (Lipinski definition) is 2. The van der Waals surface area contributed by atoms with E-state index in [-0.39, 0.29) is 0 Å². The maximum Gasteiger partial charge on any atom is 0.205 e. The molecule has 0 saturated heterocycles. The lowest BCUT2D eigenvalue weighted by Gasteiger charge is -2.29. The maximum absolute atomic E-state index is 5.45. The van der Waals surface area contributed by atoms with Crippen LogP contribution < -0.4 is 16.6 Å². The van der Waals surface area contributed by atoms with E-state index in [0.29, 0.717) is 6.04 Å².